The van der Waals surface area contributed by atoms with Gasteiger partial charge in [-0.3, -0.25) is 4.79 Å². The number of hydrogen-bond acceptors (Lipinski definition) is 3. The number of nitrogens with zero attached hydrogens (tertiary/aromatic N) is 1. The third-order valence-corrected chi connectivity index (χ3v) is 3.49. The van der Waals surface area contributed by atoms with E-state index in [2.05, 4.69) is 0 Å². The van der Waals surface area contributed by atoms with E-state index < -0.39 is 0 Å². The summed E-state index contributed by atoms with van der Waals surface area (Å²) in [5.41, 5.74) is 5.59. The molecule has 1 unspecified atom stereocenters. The molecule has 17 heavy (non-hydrogen) atoms. The Balaban J connectivity index is 2.47. The summed E-state index contributed by atoms with van der Waals surface area (Å²) < 4.78 is 5.56. The Bertz CT molecular complexity index is 276. The zero-order chi connectivity index (χ0) is 12.8. The van der Waals surface area contributed by atoms with Crippen LogP contribution in [0.25, 0.3) is 0 Å². The molecule has 0 saturated carbocycles. The van der Waals surface area contributed by atoms with E-state index in [4.69, 9.17) is 22.7 Å². The second-order valence-corrected chi connectivity index (χ2v) is 4.81. The van der Waals surface area contributed by atoms with Crippen molar-refractivity contribution in [2.75, 3.05) is 19.7 Å². The molecule has 1 aliphatic heterocycles. The first-order valence-electron chi connectivity index (χ1n) is 6.29. The second-order valence-electron chi connectivity index (χ2n) is 4.34. The van der Waals surface area contributed by atoms with Gasteiger partial charge in [-0.1, -0.05) is 19.1 Å². The minimum atomic E-state index is -0.298. The largest absolute Gasteiger partial charge is 0.393 e. The standard InChI is InChI=1S/C12H22N2O2S/c1-3-10(11(13)17)12(15)14-7-5-9(6-8-14)16-4-2/h9-10H,3-8H2,1-2H3,(H2,13,17). The van der Waals surface area contributed by atoms with Gasteiger partial charge in [0.1, 0.15) is 0 Å². The summed E-state index contributed by atoms with van der Waals surface area (Å²) in [6.45, 7) is 6.18. The molecule has 0 aromatic heterocycles. The number of thiocarbonyl (C=S) groups is 1. The van der Waals surface area contributed by atoms with Gasteiger partial charge in [-0.15, -0.1) is 0 Å². The number of carbonyl (C=O) groups excluding carboxylic acids is 1. The maximum atomic E-state index is 12.2. The average Bonchev–Trinajstić information content (AvgIpc) is 2.30. The van der Waals surface area contributed by atoms with Crippen LogP contribution in [0, 0.1) is 5.92 Å². The molecule has 1 saturated heterocycles. The number of amides is 1. The van der Waals surface area contributed by atoms with Crippen LogP contribution in [0.3, 0.4) is 0 Å². The Morgan fingerprint density at radius 3 is 2.47 bits per heavy atom. The molecular weight excluding hydrogens is 236 g/mol. The smallest absolute Gasteiger partial charge is 0.232 e. The fourth-order valence-electron chi connectivity index (χ4n) is 2.20. The number of hydrogen-bond donors (Lipinski definition) is 1. The van der Waals surface area contributed by atoms with Crippen molar-refractivity contribution in [3.8, 4) is 0 Å². The van der Waals surface area contributed by atoms with E-state index in [1.54, 1.807) is 0 Å². The normalized spacial score (nSPS) is 19.1. The summed E-state index contributed by atoms with van der Waals surface area (Å²) in [5, 5.41) is 0. The summed E-state index contributed by atoms with van der Waals surface area (Å²) in [5.74, 6) is -0.219. The van der Waals surface area contributed by atoms with Crippen molar-refractivity contribution in [3.05, 3.63) is 0 Å². The monoisotopic (exact) mass is 258 g/mol. The molecule has 0 aromatic rings. The molecular formula is C12H22N2O2S. The maximum absolute atomic E-state index is 12.2. The van der Waals surface area contributed by atoms with Gasteiger partial charge in [-0.2, -0.15) is 0 Å². The topological polar surface area (TPSA) is 55.6 Å². The van der Waals surface area contributed by atoms with Gasteiger partial charge in [0.2, 0.25) is 5.91 Å². The second kappa shape index (κ2) is 6.91. The van der Waals surface area contributed by atoms with E-state index >= 15 is 0 Å². The van der Waals surface area contributed by atoms with Gasteiger partial charge in [0.05, 0.1) is 17.0 Å². The molecule has 0 aromatic carbocycles. The highest BCUT2D eigenvalue weighted by Gasteiger charge is 2.28. The number of rotatable bonds is 5. The van der Waals surface area contributed by atoms with E-state index in [-0.39, 0.29) is 11.8 Å². The lowest BCUT2D eigenvalue weighted by atomic mass is 10.0. The molecule has 1 heterocycles. The summed E-state index contributed by atoms with van der Waals surface area (Å²) in [4.78, 5) is 14.3. The van der Waals surface area contributed by atoms with Crippen LogP contribution in [0.5, 0.6) is 0 Å². The third-order valence-electron chi connectivity index (χ3n) is 3.21. The Morgan fingerprint density at radius 1 is 1.47 bits per heavy atom. The van der Waals surface area contributed by atoms with E-state index in [0.717, 1.165) is 32.5 Å². The van der Waals surface area contributed by atoms with Gasteiger partial charge in [-0.25, -0.2) is 0 Å². The lowest BCUT2D eigenvalue weighted by molar-refractivity contribution is -0.136. The Labute approximate surface area is 108 Å². The van der Waals surface area contributed by atoms with Crippen LogP contribution in [0.1, 0.15) is 33.1 Å². The number of likely N-dealkylation sites (tertiary alicyclic amines) is 1. The number of piperidine rings is 1. The van der Waals surface area contributed by atoms with Crippen LogP contribution >= 0.6 is 12.2 Å². The highest BCUT2D eigenvalue weighted by molar-refractivity contribution is 7.80. The number of carbonyl (C=O) groups is 1. The molecule has 1 atom stereocenters. The average molecular weight is 258 g/mol. The van der Waals surface area contributed by atoms with Gasteiger partial charge in [0.25, 0.3) is 0 Å². The van der Waals surface area contributed by atoms with Gasteiger partial charge >= 0.3 is 0 Å². The van der Waals surface area contributed by atoms with Crippen molar-refractivity contribution < 1.29 is 9.53 Å². The zero-order valence-corrected chi connectivity index (χ0v) is 11.5. The van der Waals surface area contributed by atoms with Gasteiger partial charge in [0.15, 0.2) is 0 Å². The fourth-order valence-corrected chi connectivity index (χ4v) is 2.46. The summed E-state index contributed by atoms with van der Waals surface area (Å²) >= 11 is 4.93. The minimum Gasteiger partial charge on any atom is -0.393 e. The molecule has 1 aliphatic rings. The van der Waals surface area contributed by atoms with Crippen molar-refractivity contribution >= 4 is 23.1 Å². The van der Waals surface area contributed by atoms with E-state index in [1.165, 1.54) is 0 Å². The lowest BCUT2D eigenvalue weighted by Gasteiger charge is -2.33. The lowest BCUT2D eigenvalue weighted by Crippen LogP contribution is -2.46. The molecule has 5 heteroatoms. The van der Waals surface area contributed by atoms with Crippen molar-refractivity contribution in [3.63, 3.8) is 0 Å². The Morgan fingerprint density at radius 2 is 2.06 bits per heavy atom. The predicted octanol–water partition coefficient (Wildman–Crippen LogP) is 1.33. The molecule has 0 bridgehead atoms. The van der Waals surface area contributed by atoms with Crippen LogP contribution in [-0.2, 0) is 9.53 Å². The van der Waals surface area contributed by atoms with E-state index in [9.17, 15) is 4.79 Å². The van der Waals surface area contributed by atoms with Crippen molar-refractivity contribution in [1.82, 2.24) is 4.90 Å². The van der Waals surface area contributed by atoms with Crippen LogP contribution in [0.4, 0.5) is 0 Å². The summed E-state index contributed by atoms with van der Waals surface area (Å²) in [7, 11) is 0. The summed E-state index contributed by atoms with van der Waals surface area (Å²) in [6.07, 6.45) is 2.80. The van der Waals surface area contributed by atoms with Crippen molar-refractivity contribution in [2.24, 2.45) is 11.7 Å². The zero-order valence-electron chi connectivity index (χ0n) is 10.6. The predicted molar refractivity (Wildman–Crippen MR) is 71.8 cm³/mol. The van der Waals surface area contributed by atoms with E-state index in [1.807, 2.05) is 18.7 Å². The molecule has 1 rings (SSSR count). The SMILES string of the molecule is CCOC1CCN(C(=O)C(CC)C(N)=S)CC1. The van der Waals surface area contributed by atoms with Crippen LogP contribution < -0.4 is 5.73 Å². The molecule has 2 N–H and O–H groups in total. The molecule has 0 radical (unpaired) electrons. The highest BCUT2D eigenvalue weighted by Crippen LogP contribution is 2.17. The van der Waals surface area contributed by atoms with Gasteiger partial charge in [-0.05, 0) is 26.2 Å². The van der Waals surface area contributed by atoms with Crippen LogP contribution in [0.2, 0.25) is 0 Å². The highest BCUT2D eigenvalue weighted by atomic mass is 32.1. The maximum Gasteiger partial charge on any atom is 0.232 e. The Hall–Kier alpha value is -0.680. The molecule has 4 nitrogen and oxygen atoms in total. The first-order valence-corrected chi connectivity index (χ1v) is 6.70. The molecule has 98 valence electrons. The molecule has 1 fully saturated rings. The molecule has 0 spiro atoms. The summed E-state index contributed by atoms with van der Waals surface area (Å²) in [6, 6.07) is 0. The third kappa shape index (κ3) is 3.92. The number of nitrogens with two attached hydrogens (primary N) is 1. The van der Waals surface area contributed by atoms with E-state index in [0.29, 0.717) is 17.5 Å². The van der Waals surface area contributed by atoms with Gasteiger partial charge < -0.3 is 15.4 Å². The first kappa shape index (κ1) is 14.4. The minimum absolute atomic E-state index is 0.0787. The fraction of sp³-hybridized carbons (Fsp3) is 0.833. The van der Waals surface area contributed by atoms with Crippen molar-refractivity contribution in [1.29, 1.82) is 0 Å². The van der Waals surface area contributed by atoms with Crippen LogP contribution in [0.15, 0.2) is 0 Å². The van der Waals surface area contributed by atoms with Gasteiger partial charge in [0, 0.05) is 19.7 Å². The van der Waals surface area contributed by atoms with Crippen molar-refractivity contribution in [2.45, 2.75) is 39.2 Å². The number of ether oxygens (including phenoxy) is 1. The Kier molecular flexibility index (Phi) is 5.85. The molecule has 1 amide bonds. The molecule has 0 aliphatic carbocycles. The first-order chi connectivity index (χ1) is 8.10. The quantitative estimate of drug-likeness (QED) is 0.756. The van der Waals surface area contributed by atoms with Crippen LogP contribution in [-0.4, -0.2) is 41.6 Å².